The molecule has 0 bridgehead atoms. The largest absolute Gasteiger partial charge is 0.464 e. The summed E-state index contributed by atoms with van der Waals surface area (Å²) in [7, 11) is 0. The van der Waals surface area contributed by atoms with Crippen LogP contribution < -0.4 is 0 Å². The molecule has 0 spiro atoms. The summed E-state index contributed by atoms with van der Waals surface area (Å²) in [5.74, 6) is 0.251. The van der Waals surface area contributed by atoms with Crippen LogP contribution in [-0.2, 0) is 14.3 Å². The highest BCUT2D eigenvalue weighted by atomic mass is 16.5. The van der Waals surface area contributed by atoms with Crippen molar-refractivity contribution < 1.29 is 14.3 Å². The summed E-state index contributed by atoms with van der Waals surface area (Å²) < 4.78 is 10.8. The van der Waals surface area contributed by atoms with Crippen LogP contribution in [0.3, 0.4) is 0 Å². The molecule has 0 saturated carbocycles. The average Bonchev–Trinajstić information content (AvgIpc) is 2.35. The molecule has 19 heavy (non-hydrogen) atoms. The Balaban J connectivity index is 1.88. The first-order valence-corrected chi connectivity index (χ1v) is 7.50. The van der Waals surface area contributed by atoms with Crippen LogP contribution in [-0.4, -0.2) is 49.8 Å². The smallest absolute Gasteiger partial charge is 0.323 e. The normalized spacial score (nSPS) is 24.8. The standard InChI is InChI=1S/C15H27NO3/c1-12(2)13(16-7-5-4-6-8-16)14(17)19-11-15(3)9-18-10-15/h12-13H,4-11H2,1-3H3. The maximum absolute atomic E-state index is 12.4. The quantitative estimate of drug-likeness (QED) is 0.716. The molecule has 0 amide bonds. The molecule has 2 heterocycles. The number of carbonyl (C=O) groups is 1. The minimum Gasteiger partial charge on any atom is -0.464 e. The van der Waals surface area contributed by atoms with Gasteiger partial charge in [-0.2, -0.15) is 0 Å². The lowest BCUT2D eigenvalue weighted by Crippen LogP contribution is -2.50. The van der Waals surface area contributed by atoms with E-state index in [1.165, 1.54) is 19.3 Å². The highest BCUT2D eigenvalue weighted by Gasteiger charge is 2.37. The molecule has 2 rings (SSSR count). The molecular formula is C15H27NO3. The number of rotatable bonds is 5. The maximum Gasteiger partial charge on any atom is 0.323 e. The molecule has 0 aliphatic carbocycles. The number of piperidine rings is 1. The van der Waals surface area contributed by atoms with E-state index < -0.39 is 0 Å². The topological polar surface area (TPSA) is 38.8 Å². The van der Waals surface area contributed by atoms with Gasteiger partial charge in [0.2, 0.25) is 0 Å². The zero-order chi connectivity index (χ0) is 13.9. The molecule has 4 nitrogen and oxygen atoms in total. The van der Waals surface area contributed by atoms with E-state index >= 15 is 0 Å². The summed E-state index contributed by atoms with van der Waals surface area (Å²) in [6, 6.07) is -0.0788. The zero-order valence-electron chi connectivity index (χ0n) is 12.5. The summed E-state index contributed by atoms with van der Waals surface area (Å²) in [6.07, 6.45) is 3.68. The Kier molecular flexibility index (Phi) is 4.85. The zero-order valence-corrected chi connectivity index (χ0v) is 12.5. The number of nitrogens with zero attached hydrogens (tertiary/aromatic N) is 1. The lowest BCUT2D eigenvalue weighted by atomic mass is 9.90. The first-order valence-electron chi connectivity index (χ1n) is 7.50. The second-order valence-electron chi connectivity index (χ2n) is 6.70. The van der Waals surface area contributed by atoms with E-state index in [9.17, 15) is 4.79 Å². The van der Waals surface area contributed by atoms with Crippen molar-refractivity contribution in [2.75, 3.05) is 32.9 Å². The first kappa shape index (κ1) is 14.8. The molecule has 0 aromatic rings. The Bertz CT molecular complexity index is 307. The van der Waals surface area contributed by atoms with Gasteiger partial charge in [-0.3, -0.25) is 9.69 Å². The van der Waals surface area contributed by atoms with Crippen LogP contribution >= 0.6 is 0 Å². The van der Waals surface area contributed by atoms with Gasteiger partial charge in [0.15, 0.2) is 0 Å². The molecule has 0 aromatic carbocycles. The Labute approximate surface area is 116 Å². The molecular weight excluding hydrogens is 242 g/mol. The van der Waals surface area contributed by atoms with Gasteiger partial charge in [0.1, 0.15) is 12.6 Å². The van der Waals surface area contributed by atoms with Gasteiger partial charge < -0.3 is 9.47 Å². The van der Waals surface area contributed by atoms with Gasteiger partial charge in [-0.15, -0.1) is 0 Å². The van der Waals surface area contributed by atoms with Crippen LogP contribution in [0.15, 0.2) is 0 Å². The fourth-order valence-corrected chi connectivity index (χ4v) is 2.90. The first-order chi connectivity index (χ1) is 9.02. The number of hydrogen-bond donors (Lipinski definition) is 0. The highest BCUT2D eigenvalue weighted by molar-refractivity contribution is 5.76. The number of ether oxygens (including phenoxy) is 2. The Morgan fingerprint density at radius 3 is 2.37 bits per heavy atom. The SMILES string of the molecule is CC(C)C(C(=O)OCC1(C)COC1)N1CCCCC1. The minimum absolute atomic E-state index is 0.0408. The van der Waals surface area contributed by atoms with E-state index in [2.05, 4.69) is 25.7 Å². The third kappa shape index (κ3) is 3.69. The summed E-state index contributed by atoms with van der Waals surface area (Å²) in [6.45, 7) is 10.3. The summed E-state index contributed by atoms with van der Waals surface area (Å²) in [4.78, 5) is 14.7. The number of hydrogen-bond acceptors (Lipinski definition) is 4. The molecule has 2 fully saturated rings. The van der Waals surface area contributed by atoms with Gasteiger partial charge in [0.05, 0.1) is 13.2 Å². The van der Waals surface area contributed by atoms with Crippen LogP contribution in [0.1, 0.15) is 40.0 Å². The molecule has 0 N–H and O–H groups in total. The summed E-state index contributed by atoms with van der Waals surface area (Å²) in [5, 5.41) is 0. The third-order valence-corrected chi connectivity index (χ3v) is 4.12. The molecule has 1 unspecified atom stereocenters. The number of carbonyl (C=O) groups excluding carboxylic acids is 1. The molecule has 110 valence electrons. The van der Waals surface area contributed by atoms with Crippen LogP contribution in [0, 0.1) is 11.3 Å². The Morgan fingerprint density at radius 2 is 1.89 bits per heavy atom. The lowest BCUT2D eigenvalue weighted by Gasteiger charge is -2.39. The minimum atomic E-state index is -0.0788. The van der Waals surface area contributed by atoms with Gasteiger partial charge in [0.25, 0.3) is 0 Å². The van der Waals surface area contributed by atoms with Crippen molar-refractivity contribution in [3.05, 3.63) is 0 Å². The van der Waals surface area contributed by atoms with Crippen LogP contribution in [0.5, 0.6) is 0 Å². The van der Waals surface area contributed by atoms with Crippen molar-refractivity contribution in [3.63, 3.8) is 0 Å². The van der Waals surface area contributed by atoms with Gasteiger partial charge in [-0.25, -0.2) is 0 Å². The van der Waals surface area contributed by atoms with Crippen LogP contribution in [0.2, 0.25) is 0 Å². The number of esters is 1. The van der Waals surface area contributed by atoms with E-state index in [-0.39, 0.29) is 17.4 Å². The van der Waals surface area contributed by atoms with Crippen molar-refractivity contribution in [1.29, 1.82) is 0 Å². The summed E-state index contributed by atoms with van der Waals surface area (Å²) in [5.41, 5.74) is 0.0408. The second-order valence-corrected chi connectivity index (χ2v) is 6.70. The molecule has 0 aromatic heterocycles. The van der Waals surface area contributed by atoms with Crippen molar-refractivity contribution >= 4 is 5.97 Å². The van der Waals surface area contributed by atoms with E-state index in [1.54, 1.807) is 0 Å². The van der Waals surface area contributed by atoms with E-state index in [1.807, 2.05) is 0 Å². The molecule has 4 heteroatoms. The second kappa shape index (κ2) is 6.23. The lowest BCUT2D eigenvalue weighted by molar-refractivity contribution is -0.172. The van der Waals surface area contributed by atoms with Crippen molar-refractivity contribution in [2.24, 2.45) is 11.3 Å². The fourth-order valence-electron chi connectivity index (χ4n) is 2.90. The van der Waals surface area contributed by atoms with E-state index in [0.717, 1.165) is 13.1 Å². The predicted molar refractivity (Wildman–Crippen MR) is 73.9 cm³/mol. The molecule has 1 atom stereocenters. The summed E-state index contributed by atoms with van der Waals surface area (Å²) >= 11 is 0. The van der Waals surface area contributed by atoms with Crippen LogP contribution in [0.4, 0.5) is 0 Å². The van der Waals surface area contributed by atoms with Gasteiger partial charge >= 0.3 is 5.97 Å². The van der Waals surface area contributed by atoms with E-state index in [0.29, 0.717) is 25.7 Å². The third-order valence-electron chi connectivity index (χ3n) is 4.12. The number of likely N-dealkylation sites (tertiary alicyclic amines) is 1. The Morgan fingerprint density at radius 1 is 1.26 bits per heavy atom. The van der Waals surface area contributed by atoms with Gasteiger partial charge in [-0.05, 0) is 31.8 Å². The molecule has 2 aliphatic heterocycles. The fraction of sp³-hybridized carbons (Fsp3) is 0.933. The molecule has 2 saturated heterocycles. The molecule has 0 radical (unpaired) electrons. The Hall–Kier alpha value is -0.610. The highest BCUT2D eigenvalue weighted by Crippen LogP contribution is 2.27. The average molecular weight is 269 g/mol. The maximum atomic E-state index is 12.4. The van der Waals surface area contributed by atoms with Gasteiger partial charge in [0, 0.05) is 5.41 Å². The van der Waals surface area contributed by atoms with Crippen molar-refractivity contribution in [1.82, 2.24) is 4.90 Å². The van der Waals surface area contributed by atoms with Crippen molar-refractivity contribution in [3.8, 4) is 0 Å². The van der Waals surface area contributed by atoms with Crippen LogP contribution in [0.25, 0.3) is 0 Å². The predicted octanol–water partition coefficient (Wildman–Crippen LogP) is 2.08. The van der Waals surface area contributed by atoms with Gasteiger partial charge in [-0.1, -0.05) is 27.2 Å². The monoisotopic (exact) mass is 269 g/mol. The molecule has 2 aliphatic rings. The van der Waals surface area contributed by atoms with Crippen molar-refractivity contribution in [2.45, 2.75) is 46.1 Å². The van der Waals surface area contributed by atoms with E-state index in [4.69, 9.17) is 9.47 Å².